The molecule has 1 heterocycles. The zero-order chi connectivity index (χ0) is 21.3. The monoisotopic (exact) mass is 415 g/mol. The number of carbonyl (C=O) groups excluding carboxylic acids is 2. The molecule has 1 fully saturated rings. The average molecular weight is 415 g/mol. The van der Waals surface area contributed by atoms with Crippen molar-refractivity contribution in [1.29, 1.82) is 0 Å². The van der Waals surface area contributed by atoms with Gasteiger partial charge in [-0.15, -0.1) is 0 Å². The minimum absolute atomic E-state index is 0.0487. The van der Waals surface area contributed by atoms with E-state index in [1.54, 1.807) is 0 Å². The van der Waals surface area contributed by atoms with Crippen LogP contribution in [0.2, 0.25) is 0 Å². The summed E-state index contributed by atoms with van der Waals surface area (Å²) >= 11 is 0. The lowest BCUT2D eigenvalue weighted by Gasteiger charge is -2.31. The van der Waals surface area contributed by atoms with Crippen LogP contribution in [0.15, 0.2) is 24.3 Å². The van der Waals surface area contributed by atoms with Crippen molar-refractivity contribution in [2.24, 2.45) is 5.92 Å². The standard InChI is InChI=1S/C20H28F3N3O3/c1-15-5-4-10-26(12-15)13-17-7-3-2-6-16(17)11-25-18(27)8-9-24-19(28)29-14-20(21,22)23/h2-3,6-7,15H,4-5,8-14H2,1H3,(H,24,28)(H,25,27). The number of alkyl carbamates (subject to hydrolysis) is 1. The predicted molar refractivity (Wildman–Crippen MR) is 102 cm³/mol. The van der Waals surface area contributed by atoms with Gasteiger partial charge in [-0.25, -0.2) is 4.79 Å². The van der Waals surface area contributed by atoms with E-state index >= 15 is 0 Å². The highest BCUT2D eigenvalue weighted by Crippen LogP contribution is 2.19. The molecule has 1 aliphatic rings. The number of likely N-dealkylation sites (tertiary alicyclic amines) is 1. The Labute approximate surface area is 168 Å². The number of nitrogens with zero attached hydrogens (tertiary/aromatic N) is 1. The molecule has 2 N–H and O–H groups in total. The Balaban J connectivity index is 1.72. The maximum Gasteiger partial charge on any atom is 0.422 e. The van der Waals surface area contributed by atoms with Crippen LogP contribution in [0.25, 0.3) is 0 Å². The normalized spacial score (nSPS) is 17.6. The Morgan fingerprint density at radius 2 is 1.93 bits per heavy atom. The van der Waals surface area contributed by atoms with Gasteiger partial charge in [0.1, 0.15) is 0 Å². The van der Waals surface area contributed by atoms with Gasteiger partial charge in [-0.1, -0.05) is 31.2 Å². The second-order valence-corrected chi connectivity index (χ2v) is 7.40. The highest BCUT2D eigenvalue weighted by molar-refractivity contribution is 5.77. The number of nitrogens with one attached hydrogen (secondary N) is 2. The lowest BCUT2D eigenvalue weighted by molar-refractivity contribution is -0.160. The number of ether oxygens (including phenoxy) is 1. The molecule has 6 nitrogen and oxygen atoms in total. The van der Waals surface area contributed by atoms with Gasteiger partial charge in [0.2, 0.25) is 5.91 Å². The average Bonchev–Trinajstić information content (AvgIpc) is 2.65. The number of rotatable bonds is 8. The molecule has 0 saturated carbocycles. The van der Waals surface area contributed by atoms with Gasteiger partial charge >= 0.3 is 12.3 Å². The molecule has 2 amide bonds. The van der Waals surface area contributed by atoms with Gasteiger partial charge in [-0.2, -0.15) is 13.2 Å². The van der Waals surface area contributed by atoms with E-state index in [4.69, 9.17) is 0 Å². The molecule has 1 aromatic carbocycles. The first-order chi connectivity index (χ1) is 13.7. The summed E-state index contributed by atoms with van der Waals surface area (Å²) in [7, 11) is 0. The summed E-state index contributed by atoms with van der Waals surface area (Å²) in [4.78, 5) is 25.5. The van der Waals surface area contributed by atoms with Crippen molar-refractivity contribution >= 4 is 12.0 Å². The third-order valence-corrected chi connectivity index (χ3v) is 4.72. The molecule has 0 aliphatic carbocycles. The molecule has 0 spiro atoms. The van der Waals surface area contributed by atoms with Gasteiger partial charge < -0.3 is 15.4 Å². The van der Waals surface area contributed by atoms with Crippen LogP contribution >= 0.6 is 0 Å². The number of hydrogen-bond acceptors (Lipinski definition) is 4. The Kier molecular flexibility index (Phi) is 8.75. The van der Waals surface area contributed by atoms with Crippen molar-refractivity contribution in [3.8, 4) is 0 Å². The molecule has 1 aliphatic heterocycles. The molecular formula is C20H28F3N3O3. The van der Waals surface area contributed by atoms with Gasteiger partial charge in [0, 0.05) is 32.6 Å². The highest BCUT2D eigenvalue weighted by atomic mass is 19.4. The first-order valence-corrected chi connectivity index (χ1v) is 9.76. The van der Waals surface area contributed by atoms with Crippen LogP contribution in [-0.4, -0.2) is 49.3 Å². The lowest BCUT2D eigenvalue weighted by Crippen LogP contribution is -2.34. The van der Waals surface area contributed by atoms with Crippen molar-refractivity contribution in [2.45, 2.75) is 45.5 Å². The fraction of sp³-hybridized carbons (Fsp3) is 0.600. The summed E-state index contributed by atoms with van der Waals surface area (Å²) in [5, 5.41) is 4.91. The van der Waals surface area contributed by atoms with Gasteiger partial charge in [-0.05, 0) is 36.4 Å². The van der Waals surface area contributed by atoms with E-state index in [1.807, 2.05) is 18.2 Å². The Morgan fingerprint density at radius 3 is 2.62 bits per heavy atom. The Hall–Kier alpha value is -2.29. The molecular weight excluding hydrogens is 387 g/mol. The number of carbonyl (C=O) groups is 2. The van der Waals surface area contributed by atoms with Crippen LogP contribution in [0.3, 0.4) is 0 Å². The molecule has 9 heteroatoms. The number of alkyl halides is 3. The van der Waals surface area contributed by atoms with E-state index in [9.17, 15) is 22.8 Å². The van der Waals surface area contributed by atoms with Crippen molar-refractivity contribution in [3.63, 3.8) is 0 Å². The Bertz CT molecular complexity index is 682. The molecule has 1 aromatic rings. The predicted octanol–water partition coefficient (Wildman–Crippen LogP) is 3.21. The van der Waals surface area contributed by atoms with Crippen LogP contribution in [0, 0.1) is 5.92 Å². The third kappa shape index (κ3) is 9.17. The van der Waals surface area contributed by atoms with Gasteiger partial charge in [0.05, 0.1) is 0 Å². The Morgan fingerprint density at radius 1 is 1.21 bits per heavy atom. The molecule has 0 bridgehead atoms. The SMILES string of the molecule is CC1CCCN(Cc2ccccc2CNC(=O)CCNC(=O)OCC(F)(F)F)C1. The number of halogens is 3. The topological polar surface area (TPSA) is 70.7 Å². The first-order valence-electron chi connectivity index (χ1n) is 9.76. The molecule has 29 heavy (non-hydrogen) atoms. The van der Waals surface area contributed by atoms with Gasteiger partial charge in [-0.3, -0.25) is 9.69 Å². The second-order valence-electron chi connectivity index (χ2n) is 7.40. The highest BCUT2D eigenvalue weighted by Gasteiger charge is 2.29. The van der Waals surface area contributed by atoms with Gasteiger partial charge in [0.25, 0.3) is 0 Å². The minimum atomic E-state index is -4.58. The maximum absolute atomic E-state index is 12.0. The second kappa shape index (κ2) is 11.0. The van der Waals surface area contributed by atoms with Crippen LogP contribution in [0.4, 0.5) is 18.0 Å². The van der Waals surface area contributed by atoms with Crippen molar-refractivity contribution in [2.75, 3.05) is 26.2 Å². The third-order valence-electron chi connectivity index (χ3n) is 4.72. The molecule has 1 atom stereocenters. The van der Waals surface area contributed by atoms with Crippen LogP contribution in [0.5, 0.6) is 0 Å². The molecule has 0 radical (unpaired) electrons. The molecule has 1 unspecified atom stereocenters. The fourth-order valence-electron chi connectivity index (χ4n) is 3.31. The molecule has 2 rings (SSSR count). The largest absolute Gasteiger partial charge is 0.440 e. The number of hydrogen-bond donors (Lipinski definition) is 2. The van der Waals surface area contributed by atoms with Crippen molar-refractivity contribution in [3.05, 3.63) is 35.4 Å². The van der Waals surface area contributed by atoms with E-state index in [2.05, 4.69) is 33.3 Å². The van der Waals surface area contributed by atoms with E-state index < -0.39 is 18.9 Å². The van der Waals surface area contributed by atoms with Crippen LogP contribution < -0.4 is 10.6 Å². The smallest absolute Gasteiger partial charge is 0.422 e. The van der Waals surface area contributed by atoms with E-state index in [-0.39, 0.29) is 18.9 Å². The van der Waals surface area contributed by atoms with E-state index in [0.29, 0.717) is 12.5 Å². The fourth-order valence-corrected chi connectivity index (χ4v) is 3.31. The van der Waals surface area contributed by atoms with Crippen molar-refractivity contribution in [1.82, 2.24) is 15.5 Å². The summed E-state index contributed by atoms with van der Waals surface area (Å²) in [6.45, 7) is 3.83. The van der Waals surface area contributed by atoms with E-state index in [1.165, 1.54) is 12.8 Å². The number of benzene rings is 1. The summed E-state index contributed by atoms with van der Waals surface area (Å²) in [5.41, 5.74) is 2.19. The first kappa shape index (κ1) is 23.0. The van der Waals surface area contributed by atoms with E-state index in [0.717, 1.165) is 30.8 Å². The quantitative estimate of drug-likeness (QED) is 0.684. The summed E-state index contributed by atoms with van der Waals surface area (Å²) in [5.74, 6) is 0.383. The lowest BCUT2D eigenvalue weighted by atomic mass is 9.99. The number of piperidine rings is 1. The van der Waals surface area contributed by atoms with Crippen molar-refractivity contribution < 1.29 is 27.5 Å². The molecule has 0 aromatic heterocycles. The molecule has 162 valence electrons. The summed E-state index contributed by atoms with van der Waals surface area (Å²) < 4.78 is 39.9. The zero-order valence-corrected chi connectivity index (χ0v) is 16.6. The van der Waals surface area contributed by atoms with Gasteiger partial charge in [0.15, 0.2) is 6.61 Å². The molecule has 1 saturated heterocycles. The number of amides is 2. The summed E-state index contributed by atoms with van der Waals surface area (Å²) in [6.07, 6.45) is -3.37. The van der Waals surface area contributed by atoms with Crippen LogP contribution in [0.1, 0.15) is 37.3 Å². The minimum Gasteiger partial charge on any atom is -0.440 e. The van der Waals surface area contributed by atoms with Crippen LogP contribution in [-0.2, 0) is 22.6 Å². The summed E-state index contributed by atoms with van der Waals surface area (Å²) in [6, 6.07) is 7.92. The zero-order valence-electron chi connectivity index (χ0n) is 16.6. The maximum atomic E-state index is 12.0.